The minimum atomic E-state index is -1.05. The molecule has 0 aliphatic heterocycles. The minimum Gasteiger partial charge on any atom is -0.478 e. The number of aromatic carboxylic acids is 1. The molecule has 1 aromatic heterocycles. The first kappa shape index (κ1) is 12.9. The van der Waals surface area contributed by atoms with E-state index in [2.05, 4.69) is 15.5 Å². The number of aromatic nitrogens is 2. The highest BCUT2D eigenvalue weighted by molar-refractivity contribution is 5.97. The van der Waals surface area contributed by atoms with Crippen molar-refractivity contribution in [1.82, 2.24) is 10.1 Å². The molecule has 0 radical (unpaired) electrons. The van der Waals surface area contributed by atoms with Crippen molar-refractivity contribution >= 4 is 17.3 Å². The van der Waals surface area contributed by atoms with Crippen LogP contribution in [0.5, 0.6) is 0 Å². The summed E-state index contributed by atoms with van der Waals surface area (Å²) in [6.45, 7) is 2.27. The normalized spacial score (nSPS) is 10.4. The summed E-state index contributed by atoms with van der Waals surface area (Å²) in [5.41, 5.74) is 6.65. The number of benzene rings is 1. The Morgan fingerprint density at radius 1 is 1.53 bits per heavy atom. The van der Waals surface area contributed by atoms with Crippen LogP contribution in [0.4, 0.5) is 11.4 Å². The molecule has 0 fully saturated rings. The van der Waals surface area contributed by atoms with Crippen molar-refractivity contribution in [3.8, 4) is 0 Å². The summed E-state index contributed by atoms with van der Waals surface area (Å²) in [5, 5.41) is 15.7. The molecule has 4 N–H and O–H groups in total. The maximum atomic E-state index is 10.9. The van der Waals surface area contributed by atoms with Crippen LogP contribution in [0.1, 0.15) is 22.1 Å². The quantitative estimate of drug-likeness (QED) is 0.696. The lowest BCUT2D eigenvalue weighted by atomic mass is 10.1. The van der Waals surface area contributed by atoms with E-state index >= 15 is 0 Å². The lowest BCUT2D eigenvalue weighted by molar-refractivity contribution is 0.0698. The van der Waals surface area contributed by atoms with Crippen LogP contribution in [-0.2, 0) is 6.42 Å². The van der Waals surface area contributed by atoms with E-state index in [1.807, 2.05) is 0 Å². The highest BCUT2D eigenvalue weighted by Gasteiger charge is 2.10. The molecule has 0 saturated carbocycles. The monoisotopic (exact) mass is 262 g/mol. The number of aryl methyl sites for hydroxylation is 1. The molecule has 2 aromatic rings. The van der Waals surface area contributed by atoms with E-state index in [0.717, 1.165) is 0 Å². The topological polar surface area (TPSA) is 114 Å². The zero-order valence-electron chi connectivity index (χ0n) is 10.4. The van der Waals surface area contributed by atoms with E-state index in [9.17, 15) is 4.79 Å². The van der Waals surface area contributed by atoms with Crippen molar-refractivity contribution in [1.29, 1.82) is 0 Å². The molecule has 0 saturated heterocycles. The average molecular weight is 262 g/mol. The largest absolute Gasteiger partial charge is 0.478 e. The van der Waals surface area contributed by atoms with E-state index in [4.69, 9.17) is 15.4 Å². The summed E-state index contributed by atoms with van der Waals surface area (Å²) in [5.74, 6) is 0.0639. The van der Waals surface area contributed by atoms with Gasteiger partial charge in [-0.05, 0) is 19.1 Å². The summed E-state index contributed by atoms with van der Waals surface area (Å²) in [6.07, 6.45) is 0.539. The number of hydrogen-bond acceptors (Lipinski definition) is 6. The van der Waals surface area contributed by atoms with Gasteiger partial charge in [0.05, 0.1) is 16.9 Å². The van der Waals surface area contributed by atoms with Crippen molar-refractivity contribution in [2.45, 2.75) is 13.3 Å². The first-order chi connectivity index (χ1) is 9.08. The van der Waals surface area contributed by atoms with E-state index in [-0.39, 0.29) is 11.3 Å². The third-order valence-electron chi connectivity index (χ3n) is 2.56. The highest BCUT2D eigenvalue weighted by atomic mass is 16.5. The van der Waals surface area contributed by atoms with Gasteiger partial charge in [0.15, 0.2) is 5.82 Å². The van der Waals surface area contributed by atoms with Crippen LogP contribution in [0.3, 0.4) is 0 Å². The van der Waals surface area contributed by atoms with Crippen molar-refractivity contribution in [2.24, 2.45) is 0 Å². The van der Waals surface area contributed by atoms with Gasteiger partial charge in [-0.3, -0.25) is 0 Å². The van der Waals surface area contributed by atoms with Crippen LogP contribution in [0, 0.1) is 6.92 Å². The van der Waals surface area contributed by atoms with Gasteiger partial charge in [0, 0.05) is 13.0 Å². The predicted molar refractivity (Wildman–Crippen MR) is 69.0 cm³/mol. The van der Waals surface area contributed by atoms with Crippen molar-refractivity contribution in [3.63, 3.8) is 0 Å². The van der Waals surface area contributed by atoms with Gasteiger partial charge in [-0.1, -0.05) is 11.2 Å². The Kier molecular flexibility index (Phi) is 3.65. The second kappa shape index (κ2) is 5.38. The SMILES string of the molecule is Cc1noc(CCNc2cccc(C(=O)O)c2N)n1. The molecule has 0 unspecified atom stereocenters. The number of nitrogens with zero attached hydrogens (tertiary/aromatic N) is 2. The maximum Gasteiger partial charge on any atom is 0.337 e. The molecule has 1 heterocycles. The number of hydrogen-bond donors (Lipinski definition) is 3. The maximum absolute atomic E-state index is 10.9. The zero-order valence-corrected chi connectivity index (χ0v) is 10.4. The molecule has 0 amide bonds. The summed E-state index contributed by atoms with van der Waals surface area (Å²) in [7, 11) is 0. The van der Waals surface area contributed by atoms with Gasteiger partial charge >= 0.3 is 5.97 Å². The van der Waals surface area contributed by atoms with Gasteiger partial charge < -0.3 is 20.7 Å². The molecule has 0 bridgehead atoms. The Bertz CT molecular complexity index is 594. The summed E-state index contributed by atoms with van der Waals surface area (Å²) in [6, 6.07) is 4.82. The first-order valence-corrected chi connectivity index (χ1v) is 5.73. The minimum absolute atomic E-state index is 0.0821. The molecule has 100 valence electrons. The van der Waals surface area contributed by atoms with E-state index in [0.29, 0.717) is 30.4 Å². The van der Waals surface area contributed by atoms with Crippen LogP contribution >= 0.6 is 0 Å². The Hall–Kier alpha value is -2.57. The van der Waals surface area contributed by atoms with Crippen LogP contribution in [0.2, 0.25) is 0 Å². The number of anilines is 2. The number of carboxylic acids is 1. The van der Waals surface area contributed by atoms with Gasteiger partial charge in [-0.2, -0.15) is 4.98 Å². The van der Waals surface area contributed by atoms with Gasteiger partial charge in [0.25, 0.3) is 0 Å². The molecule has 2 rings (SSSR count). The molecule has 7 nitrogen and oxygen atoms in total. The average Bonchev–Trinajstić information content (AvgIpc) is 2.77. The molecule has 7 heteroatoms. The van der Waals surface area contributed by atoms with Gasteiger partial charge in [0.2, 0.25) is 5.89 Å². The number of nitrogens with one attached hydrogen (secondary N) is 1. The third kappa shape index (κ3) is 3.01. The molecule has 0 atom stereocenters. The van der Waals surface area contributed by atoms with E-state index in [1.54, 1.807) is 19.1 Å². The molecule has 0 spiro atoms. The number of nitrogens with two attached hydrogens (primary N) is 1. The van der Waals surface area contributed by atoms with Gasteiger partial charge in [0.1, 0.15) is 0 Å². The number of nitrogen functional groups attached to an aromatic ring is 1. The molecule has 19 heavy (non-hydrogen) atoms. The van der Waals surface area contributed by atoms with Crippen molar-refractivity contribution < 1.29 is 14.4 Å². The number of carbonyl (C=O) groups is 1. The summed E-state index contributed by atoms with van der Waals surface area (Å²) >= 11 is 0. The fourth-order valence-electron chi connectivity index (χ4n) is 1.65. The highest BCUT2D eigenvalue weighted by Crippen LogP contribution is 2.22. The van der Waals surface area contributed by atoms with Gasteiger partial charge in [-0.25, -0.2) is 4.79 Å². The fourth-order valence-corrected chi connectivity index (χ4v) is 1.65. The van der Waals surface area contributed by atoms with Crippen LogP contribution < -0.4 is 11.1 Å². The Morgan fingerprint density at radius 3 is 2.95 bits per heavy atom. The smallest absolute Gasteiger partial charge is 0.337 e. The van der Waals surface area contributed by atoms with E-state index in [1.165, 1.54) is 6.07 Å². The molecular weight excluding hydrogens is 248 g/mol. The van der Waals surface area contributed by atoms with Gasteiger partial charge in [-0.15, -0.1) is 0 Å². The summed E-state index contributed by atoms with van der Waals surface area (Å²) < 4.78 is 4.97. The number of carboxylic acid groups (broad SMARTS) is 1. The molecule has 0 aliphatic carbocycles. The zero-order chi connectivity index (χ0) is 13.8. The Morgan fingerprint density at radius 2 is 2.32 bits per heavy atom. The van der Waals surface area contributed by atoms with Crippen LogP contribution in [0.15, 0.2) is 22.7 Å². The van der Waals surface area contributed by atoms with Crippen LogP contribution in [0.25, 0.3) is 0 Å². The lowest BCUT2D eigenvalue weighted by Gasteiger charge is -2.09. The standard InChI is InChI=1S/C12H14N4O3/c1-7-15-10(19-16-7)5-6-14-9-4-2-3-8(11(9)13)12(17)18/h2-4,14H,5-6,13H2,1H3,(H,17,18). The molecule has 1 aromatic carbocycles. The third-order valence-corrected chi connectivity index (χ3v) is 2.56. The van der Waals surface area contributed by atoms with Crippen LogP contribution in [-0.4, -0.2) is 27.8 Å². The van der Waals surface area contributed by atoms with E-state index < -0.39 is 5.97 Å². The Labute approximate surface area is 109 Å². The van der Waals surface area contributed by atoms with Crippen molar-refractivity contribution in [2.75, 3.05) is 17.6 Å². The second-order valence-corrected chi connectivity index (χ2v) is 3.98. The number of rotatable bonds is 5. The predicted octanol–water partition coefficient (Wildman–Crippen LogP) is 1.31. The fraction of sp³-hybridized carbons (Fsp3) is 0.250. The second-order valence-electron chi connectivity index (χ2n) is 3.98. The Balaban J connectivity index is 2.00. The molecule has 0 aliphatic rings. The first-order valence-electron chi connectivity index (χ1n) is 5.73. The summed E-state index contributed by atoms with van der Waals surface area (Å²) in [4.78, 5) is 15.0. The molecular formula is C12H14N4O3. The number of para-hydroxylation sites is 1. The lowest BCUT2D eigenvalue weighted by Crippen LogP contribution is -2.10. The van der Waals surface area contributed by atoms with Crippen molar-refractivity contribution in [3.05, 3.63) is 35.5 Å².